The number of aliphatic hydroxyl groups is 1. The predicted octanol–water partition coefficient (Wildman–Crippen LogP) is 3.54. The predicted molar refractivity (Wildman–Crippen MR) is 228 cm³/mol. The number of carbonyl (C=O) groups excluding carboxylic acids is 5. The Hall–Kier alpha value is -4.63. The van der Waals surface area contributed by atoms with Gasteiger partial charge >= 0.3 is 18.0 Å². The first-order chi connectivity index (χ1) is 30.0. The number of esters is 2. The summed E-state index contributed by atoms with van der Waals surface area (Å²) in [4.78, 5) is 76.3. The molecule has 0 bridgehead atoms. The van der Waals surface area contributed by atoms with E-state index in [1.165, 1.54) is 25.9 Å². The van der Waals surface area contributed by atoms with Crippen molar-refractivity contribution in [2.45, 2.75) is 154 Å². The second kappa shape index (κ2) is 20.3. The minimum atomic E-state index is -3.26. The standard InChI is InChI=1S/C44H66FN7O12/c1-12-32-44(8)36(52(41(58)64-44)19-14-13-18-51-22-30(48-49-51)29-16-15-17-33(46)47-29)25(3)34(54)24(2)21-42(6,59-11)38(26(4)37(56)43(7,45)40(57)62-32)63-39-35(55)31(50(9)10)20-28(61-39)23-60-27(5)53/h15-17,22,24-26,28,31-32,35-36,38-39,55H,12-14,18-21,23H2,1-11H3,(H2,46,47)/t24-,25+,26+,28+,31+,32-,35-,36?,38-,39+,42+,43+,44-/m1/s1. The van der Waals surface area contributed by atoms with E-state index in [2.05, 4.69) is 15.3 Å². The second-order valence-electron chi connectivity index (χ2n) is 18.2. The number of hydrogen-bond acceptors (Lipinski definition) is 17. The van der Waals surface area contributed by atoms with Crippen molar-refractivity contribution < 1.29 is 61.9 Å². The molecule has 0 aromatic carbocycles. The molecule has 5 rings (SSSR count). The van der Waals surface area contributed by atoms with Crippen LogP contribution in [0.1, 0.15) is 87.5 Å². The van der Waals surface area contributed by atoms with Crippen molar-refractivity contribution in [2.75, 3.05) is 40.1 Å². The number of anilines is 1. The van der Waals surface area contributed by atoms with Gasteiger partial charge in [0.2, 0.25) is 0 Å². The summed E-state index contributed by atoms with van der Waals surface area (Å²) in [5.74, 6) is -6.42. The Morgan fingerprint density at radius 1 is 1.06 bits per heavy atom. The van der Waals surface area contributed by atoms with Gasteiger partial charge in [-0.3, -0.25) is 19.1 Å². The van der Waals surface area contributed by atoms with Crippen molar-refractivity contribution in [3.63, 3.8) is 0 Å². The summed E-state index contributed by atoms with van der Waals surface area (Å²) < 4.78 is 54.6. The molecule has 0 radical (unpaired) electrons. The Bertz CT molecular complexity index is 2000. The number of aromatic nitrogens is 4. The number of aryl methyl sites for hydroxylation is 1. The fraction of sp³-hybridized carbons (Fsp3) is 0.727. The number of methoxy groups -OCH3 is 1. The lowest BCUT2D eigenvalue weighted by atomic mass is 9.73. The first-order valence-corrected chi connectivity index (χ1v) is 21.9. The number of Topliss-reactive ketones (excluding diaryl/α,β-unsaturated/α-hetero) is 2. The van der Waals surface area contributed by atoms with Crippen LogP contribution < -0.4 is 5.73 Å². The van der Waals surface area contributed by atoms with E-state index in [1.54, 1.807) is 82.7 Å². The number of pyridine rings is 1. The van der Waals surface area contributed by atoms with Crippen molar-refractivity contribution >= 4 is 35.4 Å². The van der Waals surface area contributed by atoms with Gasteiger partial charge in [0.05, 0.1) is 35.7 Å². The third-order valence-electron chi connectivity index (χ3n) is 13.2. The molecule has 0 aliphatic carbocycles. The highest BCUT2D eigenvalue weighted by molar-refractivity contribution is 6.08. The van der Waals surface area contributed by atoms with Crippen molar-refractivity contribution in [3.8, 4) is 11.4 Å². The number of hydrogen-bond donors (Lipinski definition) is 2. The molecule has 3 saturated heterocycles. The fourth-order valence-electron chi connectivity index (χ4n) is 9.60. The molecule has 3 fully saturated rings. The van der Waals surface area contributed by atoms with Gasteiger partial charge in [0, 0.05) is 50.9 Å². The number of amides is 1. The number of likely N-dealkylation sites (N-methyl/N-ethyl adjacent to an activating group) is 1. The molecular formula is C44H66FN7O12. The number of nitrogens with two attached hydrogens (primary N) is 1. The van der Waals surface area contributed by atoms with Gasteiger partial charge in [-0.1, -0.05) is 39.0 Å². The summed E-state index contributed by atoms with van der Waals surface area (Å²) in [6.07, 6.45) is -4.02. The van der Waals surface area contributed by atoms with Crippen LogP contribution in [0.15, 0.2) is 24.4 Å². The maximum absolute atomic E-state index is 17.0. The molecule has 20 heteroatoms. The van der Waals surface area contributed by atoms with Crippen LogP contribution in [-0.4, -0.2) is 158 Å². The number of rotatable bonds is 13. The Morgan fingerprint density at radius 3 is 2.38 bits per heavy atom. The van der Waals surface area contributed by atoms with Gasteiger partial charge in [-0.25, -0.2) is 19.0 Å². The maximum atomic E-state index is 17.0. The summed E-state index contributed by atoms with van der Waals surface area (Å²) in [5, 5.41) is 20.0. The zero-order valence-electron chi connectivity index (χ0n) is 38.8. The van der Waals surface area contributed by atoms with Crippen LogP contribution >= 0.6 is 0 Å². The molecule has 2 aromatic heterocycles. The number of ether oxygens (including phenoxy) is 6. The van der Waals surface area contributed by atoms with E-state index in [4.69, 9.17) is 34.2 Å². The van der Waals surface area contributed by atoms with Crippen LogP contribution in [0.3, 0.4) is 0 Å². The van der Waals surface area contributed by atoms with Crippen LogP contribution in [0.4, 0.5) is 15.0 Å². The first-order valence-electron chi connectivity index (χ1n) is 21.9. The Morgan fingerprint density at radius 2 is 1.75 bits per heavy atom. The molecule has 0 saturated carbocycles. The summed E-state index contributed by atoms with van der Waals surface area (Å²) in [5.41, 5.74) is 0.482. The number of fused-ring (bicyclic) bond motifs is 1. The number of aliphatic hydroxyl groups excluding tert-OH is 1. The molecular weight excluding hydrogens is 838 g/mol. The van der Waals surface area contributed by atoms with Crippen LogP contribution in [0.5, 0.6) is 0 Å². The summed E-state index contributed by atoms with van der Waals surface area (Å²) in [7, 11) is 4.84. The highest BCUT2D eigenvalue weighted by Gasteiger charge is 2.61. The molecule has 0 spiro atoms. The van der Waals surface area contributed by atoms with Crippen molar-refractivity contribution in [1.29, 1.82) is 0 Å². The summed E-state index contributed by atoms with van der Waals surface area (Å²) >= 11 is 0. The number of ketones is 2. The van der Waals surface area contributed by atoms with E-state index in [9.17, 15) is 29.1 Å². The summed E-state index contributed by atoms with van der Waals surface area (Å²) in [6.45, 7) is 12.1. The van der Waals surface area contributed by atoms with Gasteiger partial charge in [-0.05, 0) is 79.1 Å². The van der Waals surface area contributed by atoms with Crippen molar-refractivity contribution in [2.24, 2.45) is 17.8 Å². The third kappa shape index (κ3) is 10.6. The zero-order valence-corrected chi connectivity index (χ0v) is 38.8. The number of cyclic esters (lactones) is 1. The molecule has 1 unspecified atom stereocenters. The van der Waals surface area contributed by atoms with Gasteiger partial charge in [0.15, 0.2) is 17.7 Å². The quantitative estimate of drug-likeness (QED) is 0.127. The number of nitrogens with zero attached hydrogens (tertiary/aromatic N) is 6. The van der Waals surface area contributed by atoms with E-state index in [0.717, 1.165) is 6.92 Å². The average molecular weight is 904 g/mol. The molecule has 5 heterocycles. The van der Waals surface area contributed by atoms with E-state index in [1.807, 2.05) is 0 Å². The molecule has 356 valence electrons. The third-order valence-corrected chi connectivity index (χ3v) is 13.2. The van der Waals surface area contributed by atoms with E-state index in [0.29, 0.717) is 36.6 Å². The monoisotopic (exact) mass is 903 g/mol. The molecule has 3 aliphatic heterocycles. The fourth-order valence-corrected chi connectivity index (χ4v) is 9.60. The smallest absolute Gasteiger partial charge is 0.410 e. The molecule has 1 amide bonds. The highest BCUT2D eigenvalue weighted by atomic mass is 19.1. The Labute approximate surface area is 373 Å². The lowest BCUT2D eigenvalue weighted by Crippen LogP contribution is -2.62. The van der Waals surface area contributed by atoms with Crippen molar-refractivity contribution in [1.82, 2.24) is 29.8 Å². The Kier molecular flexibility index (Phi) is 15.9. The highest BCUT2D eigenvalue weighted by Crippen LogP contribution is 2.44. The normalized spacial score (nSPS) is 35.4. The van der Waals surface area contributed by atoms with Crippen LogP contribution in [-0.2, 0) is 54.1 Å². The number of unbranched alkanes of at least 4 members (excludes halogenated alkanes) is 1. The van der Waals surface area contributed by atoms with Gasteiger partial charge in [0.1, 0.15) is 36.1 Å². The largest absolute Gasteiger partial charge is 0.463 e. The molecule has 13 atom stereocenters. The molecule has 3 N–H and O–H groups in total. The minimum Gasteiger partial charge on any atom is -0.463 e. The maximum Gasteiger partial charge on any atom is 0.410 e. The number of alkyl halides is 1. The van der Waals surface area contributed by atoms with Crippen LogP contribution in [0, 0.1) is 17.8 Å². The van der Waals surface area contributed by atoms with Gasteiger partial charge < -0.3 is 49.1 Å². The van der Waals surface area contributed by atoms with E-state index < -0.39 is 101 Å². The van der Waals surface area contributed by atoms with Crippen molar-refractivity contribution in [3.05, 3.63) is 24.4 Å². The average Bonchev–Trinajstić information content (AvgIpc) is 3.82. The van der Waals surface area contributed by atoms with E-state index >= 15 is 4.39 Å². The number of halogens is 1. The van der Waals surface area contributed by atoms with Gasteiger partial charge in [-0.15, -0.1) is 5.10 Å². The topological polar surface area (TPSA) is 237 Å². The minimum absolute atomic E-state index is 0.0403. The Balaban J connectivity index is 1.46. The SMILES string of the molecule is CC[C@H]1OC(=O)[C@@](C)(F)C(=O)[C@H](C)[C@@H](O[C@@H]2O[C@H](COC(C)=O)C[C@H](N(C)C)[C@H]2O)[C@@](C)(OC)C[C@@H](C)C(=O)[C@H](C)C2N(CCCCn3cc(-c4cccc(N)n4)nn3)C(=O)O[C@@]21C. The first kappa shape index (κ1) is 50.4. The molecule has 19 nitrogen and oxygen atoms in total. The molecule has 2 aromatic rings. The second-order valence-corrected chi connectivity index (χ2v) is 18.2. The lowest BCUT2D eigenvalue weighted by molar-refractivity contribution is -0.301. The van der Waals surface area contributed by atoms with Gasteiger partial charge in [-0.2, -0.15) is 0 Å². The van der Waals surface area contributed by atoms with E-state index in [-0.39, 0.29) is 38.2 Å². The van der Waals surface area contributed by atoms with Gasteiger partial charge in [0.25, 0.3) is 5.67 Å². The zero-order chi connectivity index (χ0) is 47.5. The summed E-state index contributed by atoms with van der Waals surface area (Å²) in [6, 6.07) is 3.66. The number of nitrogen functional groups attached to an aromatic ring is 1. The number of carbonyl (C=O) groups is 5. The molecule has 64 heavy (non-hydrogen) atoms. The lowest BCUT2D eigenvalue weighted by Gasteiger charge is -2.47. The van der Waals surface area contributed by atoms with Crippen LogP contribution in [0.25, 0.3) is 11.4 Å². The molecule has 3 aliphatic rings. The van der Waals surface area contributed by atoms with Crippen LogP contribution in [0.2, 0.25) is 0 Å².